The maximum atomic E-state index is 11.6. The second-order valence-electron chi connectivity index (χ2n) is 3.43. The summed E-state index contributed by atoms with van der Waals surface area (Å²) in [5.41, 5.74) is 1.60. The Morgan fingerprint density at radius 2 is 2.35 bits per heavy atom. The minimum atomic E-state index is -0.490. The molecule has 0 bridgehead atoms. The third-order valence-corrected chi connectivity index (χ3v) is 3.87. The maximum absolute atomic E-state index is 11.6. The first-order chi connectivity index (χ1) is 8.29. The highest BCUT2D eigenvalue weighted by atomic mass is 35.5. The highest BCUT2D eigenvalue weighted by molar-refractivity contribution is 7.86. The molecule has 17 heavy (non-hydrogen) atoms. The summed E-state index contributed by atoms with van der Waals surface area (Å²) < 4.78 is 8.09. The van der Waals surface area contributed by atoms with Crippen LogP contribution in [0.1, 0.15) is 12.0 Å². The molecule has 0 aromatic heterocycles. The number of alkyl halides is 1. The van der Waals surface area contributed by atoms with Crippen LogP contribution >= 0.6 is 11.6 Å². The van der Waals surface area contributed by atoms with Crippen molar-refractivity contribution < 1.29 is 4.79 Å². The molecule has 6 heteroatoms. The number of carbonyl (C=O) groups is 1. The zero-order valence-electron chi connectivity index (χ0n) is 9.10. The van der Waals surface area contributed by atoms with E-state index >= 15 is 0 Å². The molecule has 1 heterocycles. The van der Waals surface area contributed by atoms with E-state index in [0.29, 0.717) is 11.6 Å². The molecule has 1 aliphatic rings. The van der Waals surface area contributed by atoms with E-state index in [1.165, 1.54) is 0 Å². The van der Waals surface area contributed by atoms with Crippen molar-refractivity contribution in [1.29, 1.82) is 0 Å². The Labute approximate surface area is 107 Å². The van der Waals surface area contributed by atoms with E-state index in [1.54, 1.807) is 0 Å². The predicted molar refractivity (Wildman–Crippen MR) is 72.8 cm³/mol. The molecule has 0 saturated heterocycles. The van der Waals surface area contributed by atoms with Crippen LogP contribution in [0.5, 0.6) is 0 Å². The number of urea groups is 1. The second kappa shape index (κ2) is 5.93. The van der Waals surface area contributed by atoms with Crippen molar-refractivity contribution in [2.24, 2.45) is 8.76 Å². The van der Waals surface area contributed by atoms with Crippen LogP contribution in [0.25, 0.3) is 0 Å². The molecule has 1 atom stereocenters. The van der Waals surface area contributed by atoms with Crippen LogP contribution in [-0.4, -0.2) is 18.0 Å². The van der Waals surface area contributed by atoms with Gasteiger partial charge in [0, 0.05) is 34.4 Å². The summed E-state index contributed by atoms with van der Waals surface area (Å²) in [4.78, 5) is 11.6. The van der Waals surface area contributed by atoms with Crippen LogP contribution in [0.3, 0.4) is 0 Å². The van der Waals surface area contributed by atoms with Crippen LogP contribution in [0.2, 0.25) is 0 Å². The van der Waals surface area contributed by atoms with Crippen molar-refractivity contribution in [3.8, 4) is 0 Å². The number of hydrogen-bond donors (Lipinski definition) is 1. The van der Waals surface area contributed by atoms with Gasteiger partial charge in [-0.25, -0.2) is 9.19 Å². The van der Waals surface area contributed by atoms with Gasteiger partial charge in [-0.3, -0.25) is 0 Å². The fourth-order valence-electron chi connectivity index (χ4n) is 1.41. The van der Waals surface area contributed by atoms with Crippen molar-refractivity contribution in [2.75, 3.05) is 11.1 Å². The molecule has 0 radical (unpaired) electrons. The van der Waals surface area contributed by atoms with E-state index in [2.05, 4.69) is 14.1 Å². The Balaban J connectivity index is 2.07. The lowest BCUT2D eigenvalue weighted by Crippen LogP contribution is -2.09. The van der Waals surface area contributed by atoms with Crippen LogP contribution in [0, 0.1) is 0 Å². The van der Waals surface area contributed by atoms with Gasteiger partial charge in [0.25, 0.3) is 0 Å². The normalized spacial score (nSPS) is 18.5. The molecule has 2 rings (SSSR count). The summed E-state index contributed by atoms with van der Waals surface area (Å²) in [5.74, 6) is 1.20. The Kier molecular flexibility index (Phi) is 4.28. The number of amides is 2. The molecule has 0 aliphatic carbocycles. The zero-order valence-corrected chi connectivity index (χ0v) is 10.7. The van der Waals surface area contributed by atoms with Gasteiger partial charge in [0.2, 0.25) is 0 Å². The SMILES string of the molecule is O=C(/N=S1\CCC=N1)Nc1ccccc1CCl. The predicted octanol–water partition coefficient (Wildman–Crippen LogP) is 3.15. The van der Waals surface area contributed by atoms with Crippen LogP contribution < -0.4 is 5.32 Å². The summed E-state index contributed by atoms with van der Waals surface area (Å²) in [6.07, 6.45) is 2.71. The van der Waals surface area contributed by atoms with Crippen molar-refractivity contribution in [2.45, 2.75) is 12.3 Å². The third kappa shape index (κ3) is 3.38. The minimum absolute atomic E-state index is 0.357. The molecule has 0 spiro atoms. The first-order valence-electron chi connectivity index (χ1n) is 5.20. The lowest BCUT2D eigenvalue weighted by Gasteiger charge is -2.06. The Bertz CT molecular complexity index is 487. The Morgan fingerprint density at radius 3 is 3.06 bits per heavy atom. The average Bonchev–Trinajstić information content (AvgIpc) is 2.82. The summed E-state index contributed by atoms with van der Waals surface area (Å²) in [6, 6.07) is 7.06. The fourth-order valence-corrected chi connectivity index (χ4v) is 2.72. The number of nitrogens with zero attached hydrogens (tertiary/aromatic N) is 2. The molecule has 1 aromatic carbocycles. The van der Waals surface area contributed by atoms with Gasteiger partial charge in [0.05, 0.1) is 0 Å². The van der Waals surface area contributed by atoms with Crippen LogP contribution in [-0.2, 0) is 16.8 Å². The monoisotopic (exact) mass is 269 g/mol. The van der Waals surface area contributed by atoms with Gasteiger partial charge < -0.3 is 5.32 Å². The van der Waals surface area contributed by atoms with E-state index in [0.717, 1.165) is 17.7 Å². The highest BCUT2D eigenvalue weighted by Crippen LogP contribution is 2.17. The Morgan fingerprint density at radius 1 is 1.53 bits per heavy atom. The van der Waals surface area contributed by atoms with Gasteiger partial charge in [0.1, 0.15) is 0 Å². The number of para-hydroxylation sites is 1. The summed E-state index contributed by atoms with van der Waals surface area (Å²) in [5, 5.41) is 2.73. The van der Waals surface area contributed by atoms with Gasteiger partial charge in [-0.05, 0) is 18.1 Å². The third-order valence-electron chi connectivity index (χ3n) is 2.22. The number of benzene rings is 1. The van der Waals surface area contributed by atoms with Crippen molar-refractivity contribution in [3.05, 3.63) is 29.8 Å². The van der Waals surface area contributed by atoms with Crippen molar-refractivity contribution in [1.82, 2.24) is 0 Å². The molecule has 0 fully saturated rings. The first-order valence-corrected chi connectivity index (χ1v) is 7.04. The fraction of sp³-hybridized carbons (Fsp3) is 0.273. The topological polar surface area (TPSA) is 53.8 Å². The maximum Gasteiger partial charge on any atom is 0.353 e. The molecule has 4 nitrogen and oxygen atoms in total. The van der Waals surface area contributed by atoms with E-state index < -0.39 is 10.9 Å². The summed E-state index contributed by atoms with van der Waals surface area (Å²) in [6.45, 7) is 0. The first kappa shape index (κ1) is 12.3. The van der Waals surface area contributed by atoms with Gasteiger partial charge >= 0.3 is 6.03 Å². The number of nitrogens with one attached hydrogen (secondary N) is 1. The molecule has 1 aliphatic heterocycles. The minimum Gasteiger partial charge on any atom is -0.305 e. The lowest BCUT2D eigenvalue weighted by molar-refractivity contribution is 0.260. The number of rotatable bonds is 2. The number of hydrogen-bond acceptors (Lipinski definition) is 1. The molecule has 90 valence electrons. The molecular weight excluding hydrogens is 258 g/mol. The van der Waals surface area contributed by atoms with E-state index in [1.807, 2.05) is 30.5 Å². The van der Waals surface area contributed by atoms with E-state index in [-0.39, 0.29) is 6.03 Å². The smallest absolute Gasteiger partial charge is 0.305 e. The van der Waals surface area contributed by atoms with Crippen molar-refractivity contribution in [3.63, 3.8) is 0 Å². The molecule has 0 saturated carbocycles. The van der Waals surface area contributed by atoms with Crippen LogP contribution in [0.15, 0.2) is 33.0 Å². The number of anilines is 1. The van der Waals surface area contributed by atoms with Gasteiger partial charge in [-0.2, -0.15) is 0 Å². The lowest BCUT2D eigenvalue weighted by atomic mass is 10.2. The molecule has 1 unspecified atom stereocenters. The molecule has 1 aromatic rings. The summed E-state index contributed by atoms with van der Waals surface area (Å²) >= 11 is 5.78. The van der Waals surface area contributed by atoms with E-state index in [9.17, 15) is 4.79 Å². The molecule has 1 N–H and O–H groups in total. The molecule has 2 amide bonds. The van der Waals surface area contributed by atoms with Gasteiger partial charge in [0.15, 0.2) is 0 Å². The highest BCUT2D eigenvalue weighted by Gasteiger charge is 2.07. The average molecular weight is 270 g/mol. The van der Waals surface area contributed by atoms with Gasteiger partial charge in [-0.15, -0.1) is 16.0 Å². The van der Waals surface area contributed by atoms with Crippen molar-refractivity contribution >= 4 is 40.4 Å². The number of carbonyl (C=O) groups excluding carboxylic acids is 1. The zero-order chi connectivity index (χ0) is 12.1. The second-order valence-corrected chi connectivity index (χ2v) is 5.18. The number of halogens is 1. The van der Waals surface area contributed by atoms with Gasteiger partial charge in [-0.1, -0.05) is 18.2 Å². The largest absolute Gasteiger partial charge is 0.353 e. The quantitative estimate of drug-likeness (QED) is 0.824. The summed E-state index contributed by atoms with van der Waals surface area (Å²) in [7, 11) is -0.490. The van der Waals surface area contributed by atoms with E-state index in [4.69, 9.17) is 11.6 Å². The van der Waals surface area contributed by atoms with Crippen LogP contribution in [0.4, 0.5) is 10.5 Å². The Hall–Kier alpha value is -1.20. The standard InChI is InChI=1S/C11H12ClN3OS/c12-8-9-4-1-2-5-10(9)14-11(16)15-17-7-3-6-13-17/h1-2,4-6H,3,7-8H2,(H,14,16). The molecular formula is C11H12ClN3OS.